The predicted molar refractivity (Wildman–Crippen MR) is 124 cm³/mol. The van der Waals surface area contributed by atoms with Crippen LogP contribution in [0.3, 0.4) is 0 Å². The molecule has 0 bridgehead atoms. The van der Waals surface area contributed by atoms with Gasteiger partial charge in [-0.1, -0.05) is 54.6 Å². The van der Waals surface area contributed by atoms with Gasteiger partial charge in [-0.3, -0.25) is 4.79 Å². The topological polar surface area (TPSA) is 80.6 Å². The fourth-order valence-electron chi connectivity index (χ4n) is 4.13. The molecule has 0 atom stereocenters. The summed E-state index contributed by atoms with van der Waals surface area (Å²) < 4.78 is 11.3. The van der Waals surface area contributed by atoms with Gasteiger partial charge in [0.25, 0.3) is 0 Å². The lowest BCUT2D eigenvalue weighted by atomic mass is 9.97. The van der Waals surface area contributed by atoms with E-state index >= 15 is 0 Å². The van der Waals surface area contributed by atoms with Gasteiger partial charge in [0.1, 0.15) is 11.2 Å². The van der Waals surface area contributed by atoms with Crippen molar-refractivity contribution in [1.82, 2.24) is 0 Å². The molecule has 0 fully saturated rings. The number of fused-ring (bicyclic) bond motifs is 2. The van der Waals surface area contributed by atoms with E-state index < -0.39 is 11.6 Å². The lowest BCUT2D eigenvalue weighted by Crippen LogP contribution is -2.12. The molecule has 2 aromatic heterocycles. The first kappa shape index (κ1) is 19.8. The van der Waals surface area contributed by atoms with E-state index in [0.29, 0.717) is 16.7 Å². The van der Waals surface area contributed by atoms with E-state index in [-0.39, 0.29) is 12.8 Å². The molecular weight excluding hydrogens is 404 g/mol. The Morgan fingerprint density at radius 2 is 1.56 bits per heavy atom. The average Bonchev–Trinajstić information content (AvgIpc) is 3.21. The van der Waals surface area contributed by atoms with Gasteiger partial charge in [-0.25, -0.2) is 4.79 Å². The Bertz CT molecular complexity index is 1510. The first-order valence-electron chi connectivity index (χ1n) is 10.4. The van der Waals surface area contributed by atoms with Crippen molar-refractivity contribution in [2.45, 2.75) is 19.8 Å². The van der Waals surface area contributed by atoms with E-state index in [0.717, 1.165) is 38.6 Å². The summed E-state index contributed by atoms with van der Waals surface area (Å²) in [6.07, 6.45) is 1.72. The molecule has 0 spiro atoms. The van der Waals surface area contributed by atoms with Crippen LogP contribution in [-0.4, -0.2) is 11.1 Å². The molecule has 0 saturated carbocycles. The van der Waals surface area contributed by atoms with Crippen molar-refractivity contribution in [3.63, 3.8) is 0 Å². The maximum absolute atomic E-state index is 12.4. The number of carbonyl (C=O) groups is 1. The normalized spacial score (nSPS) is 11.3. The van der Waals surface area contributed by atoms with Crippen molar-refractivity contribution in [2.24, 2.45) is 0 Å². The molecule has 0 unspecified atom stereocenters. The summed E-state index contributed by atoms with van der Waals surface area (Å²) in [5.41, 5.74) is 5.94. The number of carboxylic acids is 1. The highest BCUT2D eigenvalue weighted by Gasteiger charge is 2.16. The fourth-order valence-corrected chi connectivity index (χ4v) is 4.13. The van der Waals surface area contributed by atoms with Gasteiger partial charge in [-0.05, 0) is 41.7 Å². The lowest BCUT2D eigenvalue weighted by Gasteiger charge is -2.08. The third kappa shape index (κ3) is 3.48. The highest BCUT2D eigenvalue weighted by Crippen LogP contribution is 2.35. The molecule has 0 radical (unpaired) electrons. The van der Waals surface area contributed by atoms with Crippen molar-refractivity contribution in [2.75, 3.05) is 0 Å². The first-order valence-corrected chi connectivity index (χ1v) is 10.4. The van der Waals surface area contributed by atoms with Crippen LogP contribution in [0.2, 0.25) is 0 Å². The van der Waals surface area contributed by atoms with E-state index in [1.807, 2.05) is 31.2 Å². The minimum Gasteiger partial charge on any atom is -0.481 e. The zero-order valence-electron chi connectivity index (χ0n) is 17.4. The Kier molecular flexibility index (Phi) is 4.86. The summed E-state index contributed by atoms with van der Waals surface area (Å²) >= 11 is 0. The van der Waals surface area contributed by atoms with Crippen LogP contribution in [0.5, 0.6) is 0 Å². The van der Waals surface area contributed by atoms with Crippen LogP contribution in [0.4, 0.5) is 0 Å². The van der Waals surface area contributed by atoms with Crippen LogP contribution in [0, 0.1) is 6.92 Å². The van der Waals surface area contributed by atoms with Crippen molar-refractivity contribution in [1.29, 1.82) is 0 Å². The number of benzene rings is 3. The van der Waals surface area contributed by atoms with Gasteiger partial charge < -0.3 is 13.9 Å². The van der Waals surface area contributed by atoms with Crippen molar-refractivity contribution >= 4 is 27.9 Å². The predicted octanol–water partition coefficient (Wildman–Crippen LogP) is 6.20. The number of aliphatic carboxylic acids is 1. The molecule has 5 nitrogen and oxygen atoms in total. The fraction of sp³-hybridized carbons (Fsp3) is 0.111. The molecule has 0 saturated heterocycles. The van der Waals surface area contributed by atoms with Crippen LogP contribution < -0.4 is 5.63 Å². The Morgan fingerprint density at radius 1 is 0.875 bits per heavy atom. The molecule has 5 aromatic rings. The molecule has 5 heteroatoms. The third-order valence-electron chi connectivity index (χ3n) is 5.87. The number of aryl methyl sites for hydroxylation is 1. The van der Waals surface area contributed by atoms with E-state index in [1.54, 1.807) is 12.3 Å². The molecule has 0 amide bonds. The molecule has 1 N–H and O–H groups in total. The van der Waals surface area contributed by atoms with Crippen molar-refractivity contribution in [3.8, 4) is 22.3 Å². The second kappa shape index (κ2) is 7.85. The molecule has 32 heavy (non-hydrogen) atoms. The monoisotopic (exact) mass is 424 g/mol. The zero-order chi connectivity index (χ0) is 22.2. The second-order valence-electron chi connectivity index (χ2n) is 7.82. The van der Waals surface area contributed by atoms with Gasteiger partial charge in [0.2, 0.25) is 0 Å². The summed E-state index contributed by atoms with van der Waals surface area (Å²) in [7, 11) is 0. The minimum atomic E-state index is -0.949. The highest BCUT2D eigenvalue weighted by molar-refractivity contribution is 6.02. The molecular formula is C27H20O5. The summed E-state index contributed by atoms with van der Waals surface area (Å²) in [4.78, 5) is 23.4. The quantitative estimate of drug-likeness (QED) is 0.340. The van der Waals surface area contributed by atoms with E-state index in [9.17, 15) is 9.59 Å². The largest absolute Gasteiger partial charge is 0.481 e. The molecule has 0 aliphatic rings. The maximum atomic E-state index is 12.4. The molecule has 0 aliphatic carbocycles. The number of hydrogen-bond acceptors (Lipinski definition) is 4. The van der Waals surface area contributed by atoms with Gasteiger partial charge in [-0.15, -0.1) is 0 Å². The average molecular weight is 424 g/mol. The number of furan rings is 1. The Morgan fingerprint density at radius 3 is 2.28 bits per heavy atom. The van der Waals surface area contributed by atoms with Crippen molar-refractivity contribution in [3.05, 3.63) is 94.5 Å². The van der Waals surface area contributed by atoms with Crippen LogP contribution in [-0.2, 0) is 11.2 Å². The summed E-state index contributed by atoms with van der Waals surface area (Å²) in [6, 6.07) is 22.2. The Labute approximate surface area is 183 Å². The Balaban J connectivity index is 1.60. The van der Waals surface area contributed by atoms with Crippen LogP contribution in [0.1, 0.15) is 17.5 Å². The standard InChI is InChI=1S/C27H20O5/c1-16-20(11-12-26(28)29)27(30)32-25-14-24-22(13-21(16)25)23(15-31-24)19-9-7-18(8-10-19)17-5-3-2-4-6-17/h2-10,13-15H,11-12H2,1H3,(H,28,29). The first-order chi connectivity index (χ1) is 15.5. The molecule has 3 aromatic carbocycles. The summed E-state index contributed by atoms with van der Waals surface area (Å²) in [6.45, 7) is 1.83. The number of rotatable bonds is 5. The number of hydrogen-bond donors (Lipinski definition) is 1. The number of carboxylic acid groups (broad SMARTS) is 1. The lowest BCUT2D eigenvalue weighted by molar-refractivity contribution is -0.136. The van der Waals surface area contributed by atoms with Gasteiger partial charge in [0, 0.05) is 34.4 Å². The van der Waals surface area contributed by atoms with Crippen LogP contribution in [0.25, 0.3) is 44.2 Å². The molecule has 158 valence electrons. The second-order valence-corrected chi connectivity index (χ2v) is 7.82. The summed E-state index contributed by atoms with van der Waals surface area (Å²) in [5, 5.41) is 10.7. The maximum Gasteiger partial charge on any atom is 0.339 e. The van der Waals surface area contributed by atoms with Crippen LogP contribution >= 0.6 is 0 Å². The minimum absolute atomic E-state index is 0.121. The zero-order valence-corrected chi connectivity index (χ0v) is 17.4. The molecule has 2 heterocycles. The third-order valence-corrected chi connectivity index (χ3v) is 5.87. The van der Waals surface area contributed by atoms with Crippen molar-refractivity contribution < 1.29 is 18.7 Å². The van der Waals surface area contributed by atoms with Crippen LogP contribution in [0.15, 0.2) is 86.6 Å². The van der Waals surface area contributed by atoms with E-state index in [1.165, 1.54) is 0 Å². The van der Waals surface area contributed by atoms with E-state index in [2.05, 4.69) is 36.4 Å². The smallest absolute Gasteiger partial charge is 0.339 e. The molecule has 5 rings (SSSR count). The summed E-state index contributed by atoms with van der Waals surface area (Å²) in [5.74, 6) is -0.949. The Hall–Kier alpha value is -4.12. The van der Waals surface area contributed by atoms with Gasteiger partial charge in [0.05, 0.1) is 6.26 Å². The highest BCUT2D eigenvalue weighted by atomic mass is 16.4. The molecule has 0 aliphatic heterocycles. The van der Waals surface area contributed by atoms with Gasteiger partial charge >= 0.3 is 11.6 Å². The van der Waals surface area contributed by atoms with Gasteiger partial charge in [0.15, 0.2) is 0 Å². The SMILES string of the molecule is Cc1c(CCC(=O)O)c(=O)oc2cc3occ(-c4ccc(-c5ccccc5)cc4)c3cc12. The van der Waals surface area contributed by atoms with Gasteiger partial charge in [-0.2, -0.15) is 0 Å². The van der Waals surface area contributed by atoms with E-state index in [4.69, 9.17) is 13.9 Å².